The number of thioether (sulfide) groups is 1. The van der Waals surface area contributed by atoms with Gasteiger partial charge in [-0.15, -0.1) is 11.8 Å². The van der Waals surface area contributed by atoms with Crippen molar-refractivity contribution in [3.8, 4) is 0 Å². The summed E-state index contributed by atoms with van der Waals surface area (Å²) in [5.41, 5.74) is 6.35. The van der Waals surface area contributed by atoms with Crippen molar-refractivity contribution in [2.75, 3.05) is 12.9 Å². The van der Waals surface area contributed by atoms with Gasteiger partial charge in [0.25, 0.3) is 0 Å². The normalized spacial score (nSPS) is 14.0. The Hall–Kier alpha value is -1.94. The molecule has 4 heteroatoms. The zero-order valence-corrected chi connectivity index (χ0v) is 14.0. The third kappa shape index (κ3) is 2.37. The number of hydrogen-bond acceptors (Lipinski definition) is 4. The maximum Gasteiger partial charge on any atom is 0.335 e. The summed E-state index contributed by atoms with van der Waals surface area (Å²) >= 11 is 1.63. The lowest BCUT2D eigenvalue weighted by molar-refractivity contribution is -0.133. The quantitative estimate of drug-likeness (QED) is 0.798. The molecule has 1 aliphatic heterocycles. The minimum atomic E-state index is -0.286. The fourth-order valence-electron chi connectivity index (χ4n) is 3.03. The third-order valence-corrected chi connectivity index (χ3v) is 5.00. The van der Waals surface area contributed by atoms with E-state index in [2.05, 4.69) is 32.9 Å². The standard InChI is InChI=1S/C18H18O3S/c1-10-7-11(2)15(12(3)8-10)17-16-13(5-6-21-16)14(9-22-17)18(19)20-4/h5-8H,9H2,1-4H3. The summed E-state index contributed by atoms with van der Waals surface area (Å²) in [6.45, 7) is 6.33. The molecule has 1 aliphatic rings. The molecule has 1 aromatic carbocycles. The first-order chi connectivity index (χ1) is 10.5. The van der Waals surface area contributed by atoms with Crippen LogP contribution in [0.2, 0.25) is 0 Å². The first-order valence-corrected chi connectivity index (χ1v) is 8.11. The number of aryl methyl sites for hydroxylation is 3. The van der Waals surface area contributed by atoms with Gasteiger partial charge in [0.1, 0.15) is 5.42 Å². The second kappa shape index (κ2) is 5.69. The zero-order chi connectivity index (χ0) is 15.9. The van der Waals surface area contributed by atoms with Crippen molar-refractivity contribution < 1.29 is 13.9 Å². The van der Waals surface area contributed by atoms with E-state index in [1.807, 2.05) is 6.07 Å². The number of fused-ring (bicyclic) bond motifs is 1. The van der Waals surface area contributed by atoms with Crippen LogP contribution in [-0.2, 0) is 9.53 Å². The Morgan fingerprint density at radius 1 is 1.23 bits per heavy atom. The molecule has 0 bridgehead atoms. The van der Waals surface area contributed by atoms with Crippen LogP contribution >= 0.6 is 11.8 Å². The smallest absolute Gasteiger partial charge is 0.335 e. The first kappa shape index (κ1) is 15.0. The lowest BCUT2D eigenvalue weighted by atomic mass is 9.99. The summed E-state index contributed by atoms with van der Waals surface area (Å²) in [5, 5.41) is 0.847. The number of carbonyl (C=O) groups is 1. The van der Waals surface area contributed by atoms with Crippen molar-refractivity contribution in [2.24, 2.45) is 0 Å². The average molecular weight is 314 g/mol. The van der Waals surface area contributed by atoms with E-state index in [1.165, 1.54) is 29.4 Å². The molecular formula is C18H18O3S. The predicted molar refractivity (Wildman–Crippen MR) is 89.0 cm³/mol. The summed E-state index contributed by atoms with van der Waals surface area (Å²) in [7, 11) is 1.41. The molecule has 0 radical (unpaired) electrons. The van der Waals surface area contributed by atoms with Gasteiger partial charge in [-0.05, 0) is 43.5 Å². The van der Waals surface area contributed by atoms with Crippen LogP contribution in [-0.4, -0.2) is 18.8 Å². The van der Waals surface area contributed by atoms with Crippen LogP contribution in [0, 0.1) is 20.8 Å². The number of furan rings is 1. The van der Waals surface area contributed by atoms with E-state index < -0.39 is 0 Å². The van der Waals surface area contributed by atoms with E-state index in [9.17, 15) is 4.79 Å². The summed E-state index contributed by atoms with van der Waals surface area (Å²) in [6, 6.07) is 6.20. The highest BCUT2D eigenvalue weighted by Gasteiger charge is 2.22. The van der Waals surface area contributed by atoms with Gasteiger partial charge in [0.05, 0.1) is 23.9 Å². The van der Waals surface area contributed by atoms with Gasteiger partial charge in [-0.2, -0.15) is 0 Å². The molecule has 2 aromatic rings. The molecule has 0 fully saturated rings. The molecule has 0 saturated heterocycles. The van der Waals surface area contributed by atoms with E-state index in [0.717, 1.165) is 15.5 Å². The molecule has 2 heterocycles. The topological polar surface area (TPSA) is 39.4 Å². The van der Waals surface area contributed by atoms with Crippen molar-refractivity contribution >= 4 is 28.2 Å². The lowest BCUT2D eigenvalue weighted by Crippen LogP contribution is -2.32. The Balaban J connectivity index is 2.35. The Morgan fingerprint density at radius 3 is 2.55 bits per heavy atom. The molecule has 1 aromatic heterocycles. The average Bonchev–Trinajstić information content (AvgIpc) is 2.95. The van der Waals surface area contributed by atoms with Crippen LogP contribution in [0.3, 0.4) is 0 Å². The molecule has 0 amide bonds. The van der Waals surface area contributed by atoms with Crippen LogP contribution < -0.4 is 10.6 Å². The Kier molecular flexibility index (Phi) is 3.87. The summed E-state index contributed by atoms with van der Waals surface area (Å²) in [6.07, 6.45) is 1.64. The third-order valence-electron chi connectivity index (χ3n) is 3.89. The van der Waals surface area contributed by atoms with E-state index in [1.54, 1.807) is 18.0 Å². The summed E-state index contributed by atoms with van der Waals surface area (Å²) in [4.78, 5) is 13.0. The summed E-state index contributed by atoms with van der Waals surface area (Å²) < 4.78 is 10.6. The summed E-state index contributed by atoms with van der Waals surface area (Å²) in [5.74, 6) is 0.313. The maximum atomic E-state index is 11.9. The van der Waals surface area contributed by atoms with Gasteiger partial charge in [0, 0.05) is 11.0 Å². The molecule has 0 aliphatic carbocycles. The number of methoxy groups -OCH3 is 1. The van der Waals surface area contributed by atoms with Crippen molar-refractivity contribution in [2.45, 2.75) is 20.8 Å². The van der Waals surface area contributed by atoms with Gasteiger partial charge in [0.15, 0.2) is 0 Å². The predicted octanol–water partition coefficient (Wildman–Crippen LogP) is 2.43. The Morgan fingerprint density at radius 2 is 1.91 bits per heavy atom. The van der Waals surface area contributed by atoms with Crippen LogP contribution in [0.5, 0.6) is 0 Å². The molecule has 0 N–H and O–H groups in total. The van der Waals surface area contributed by atoms with E-state index >= 15 is 0 Å². The molecular weight excluding hydrogens is 296 g/mol. The minimum Gasteiger partial charge on any atom is -0.466 e. The van der Waals surface area contributed by atoms with E-state index in [4.69, 9.17) is 9.15 Å². The highest BCUT2D eigenvalue weighted by atomic mass is 32.2. The SMILES string of the molecule is COC(=O)C1=c2ccoc2=C(c2c(C)cc(C)cc2C)SC1. The molecule has 0 spiro atoms. The van der Waals surface area contributed by atoms with Gasteiger partial charge in [-0.25, -0.2) is 4.79 Å². The number of ether oxygens (including phenoxy) is 1. The highest BCUT2D eigenvalue weighted by Crippen LogP contribution is 2.33. The van der Waals surface area contributed by atoms with E-state index in [-0.39, 0.29) is 5.97 Å². The van der Waals surface area contributed by atoms with Gasteiger partial charge >= 0.3 is 5.97 Å². The van der Waals surface area contributed by atoms with E-state index in [0.29, 0.717) is 11.3 Å². The molecule has 0 atom stereocenters. The Bertz CT molecular complexity index is 851. The van der Waals surface area contributed by atoms with Gasteiger partial charge in [0.2, 0.25) is 0 Å². The fourth-order valence-corrected chi connectivity index (χ4v) is 4.34. The van der Waals surface area contributed by atoms with Crippen molar-refractivity contribution in [3.63, 3.8) is 0 Å². The van der Waals surface area contributed by atoms with Gasteiger partial charge < -0.3 is 9.15 Å². The van der Waals surface area contributed by atoms with Crippen molar-refractivity contribution in [1.29, 1.82) is 0 Å². The Labute approximate surface area is 133 Å². The first-order valence-electron chi connectivity index (χ1n) is 7.13. The largest absolute Gasteiger partial charge is 0.466 e. The second-order valence-corrected chi connectivity index (χ2v) is 6.51. The molecule has 114 valence electrons. The lowest BCUT2D eigenvalue weighted by Gasteiger charge is -2.17. The number of rotatable bonds is 2. The van der Waals surface area contributed by atoms with Gasteiger partial charge in [-0.1, -0.05) is 17.7 Å². The molecule has 3 rings (SSSR count). The molecule has 22 heavy (non-hydrogen) atoms. The number of hydrogen-bond donors (Lipinski definition) is 0. The van der Waals surface area contributed by atoms with Crippen LogP contribution in [0.25, 0.3) is 10.5 Å². The molecule has 0 saturated carbocycles. The second-order valence-electron chi connectivity index (χ2n) is 5.53. The van der Waals surface area contributed by atoms with Crippen LogP contribution in [0.15, 0.2) is 28.9 Å². The highest BCUT2D eigenvalue weighted by molar-refractivity contribution is 8.08. The number of esters is 1. The van der Waals surface area contributed by atoms with Crippen molar-refractivity contribution in [3.05, 3.63) is 57.4 Å². The maximum absolute atomic E-state index is 11.9. The minimum absolute atomic E-state index is 0.286. The molecule has 0 unspecified atom stereocenters. The van der Waals surface area contributed by atoms with Gasteiger partial charge in [-0.3, -0.25) is 0 Å². The fraction of sp³-hybridized carbons (Fsp3) is 0.278. The molecule has 3 nitrogen and oxygen atoms in total. The number of benzene rings is 1. The van der Waals surface area contributed by atoms with Crippen LogP contribution in [0.1, 0.15) is 22.3 Å². The zero-order valence-electron chi connectivity index (χ0n) is 13.1. The monoisotopic (exact) mass is 314 g/mol. The van der Waals surface area contributed by atoms with Crippen LogP contribution in [0.4, 0.5) is 0 Å². The van der Waals surface area contributed by atoms with Crippen molar-refractivity contribution in [1.82, 2.24) is 0 Å². The number of carbonyl (C=O) groups excluding carboxylic acids is 1.